The minimum atomic E-state index is -0.820. The van der Waals surface area contributed by atoms with Gasteiger partial charge in [0, 0.05) is 10.8 Å². The van der Waals surface area contributed by atoms with E-state index in [-0.39, 0.29) is 18.6 Å². The van der Waals surface area contributed by atoms with Gasteiger partial charge in [-0.1, -0.05) is 22.6 Å². The molecule has 0 aromatic heterocycles. The van der Waals surface area contributed by atoms with Crippen LogP contribution in [0.25, 0.3) is 0 Å². The van der Waals surface area contributed by atoms with Crippen LogP contribution in [0.15, 0.2) is 0 Å². The lowest BCUT2D eigenvalue weighted by atomic mass is 10.1. The van der Waals surface area contributed by atoms with Crippen LogP contribution >= 0.6 is 22.6 Å². The van der Waals surface area contributed by atoms with E-state index >= 15 is 0 Å². The topological polar surface area (TPSA) is 55.8 Å². The average molecular weight is 314 g/mol. The van der Waals surface area contributed by atoms with Crippen LogP contribution in [0.1, 0.15) is 26.7 Å². The van der Waals surface area contributed by atoms with Gasteiger partial charge in [-0.05, 0) is 13.8 Å². The predicted octanol–water partition coefficient (Wildman–Crippen LogP) is 1.81. The standard InChI is InChI=1S/C9H15IO4/c1-9(2)13-6(4-8(11)12)3-7(5-10)14-9/h6-7H,3-5H2,1-2H3,(H,11,12). The highest BCUT2D eigenvalue weighted by Gasteiger charge is 2.35. The Balaban J connectivity index is 2.56. The number of halogens is 1. The normalized spacial score (nSPS) is 31.4. The Bertz CT molecular complexity index is 217. The summed E-state index contributed by atoms with van der Waals surface area (Å²) in [5.74, 6) is -1.48. The molecule has 0 spiro atoms. The minimum Gasteiger partial charge on any atom is -0.481 e. The lowest BCUT2D eigenvalue weighted by Gasteiger charge is -2.39. The number of hydrogen-bond donors (Lipinski definition) is 1. The Hall–Kier alpha value is 0.120. The van der Waals surface area contributed by atoms with Gasteiger partial charge in [0.25, 0.3) is 0 Å². The lowest BCUT2D eigenvalue weighted by molar-refractivity contribution is -0.294. The van der Waals surface area contributed by atoms with Crippen molar-refractivity contribution in [2.24, 2.45) is 0 Å². The molecule has 0 saturated carbocycles. The first kappa shape index (κ1) is 12.2. The molecule has 1 N–H and O–H groups in total. The van der Waals surface area contributed by atoms with Crippen LogP contribution in [0.4, 0.5) is 0 Å². The molecule has 4 nitrogen and oxygen atoms in total. The number of carboxylic acid groups (broad SMARTS) is 1. The smallest absolute Gasteiger partial charge is 0.305 e. The fourth-order valence-corrected chi connectivity index (χ4v) is 2.17. The first-order valence-electron chi connectivity index (χ1n) is 4.56. The van der Waals surface area contributed by atoms with Crippen LogP contribution in [-0.4, -0.2) is 33.5 Å². The molecule has 0 aliphatic carbocycles. The summed E-state index contributed by atoms with van der Waals surface area (Å²) < 4.78 is 12.0. The van der Waals surface area contributed by atoms with Crippen molar-refractivity contribution in [1.82, 2.24) is 0 Å². The summed E-state index contributed by atoms with van der Waals surface area (Å²) in [6.07, 6.45) is 0.596. The van der Waals surface area contributed by atoms with Crippen LogP contribution in [0.2, 0.25) is 0 Å². The fraction of sp³-hybridized carbons (Fsp3) is 0.889. The number of alkyl halides is 1. The largest absolute Gasteiger partial charge is 0.481 e. The van der Waals surface area contributed by atoms with E-state index in [2.05, 4.69) is 22.6 Å². The zero-order valence-electron chi connectivity index (χ0n) is 8.33. The van der Waals surface area contributed by atoms with Crippen molar-refractivity contribution in [3.05, 3.63) is 0 Å². The fourth-order valence-electron chi connectivity index (χ4n) is 1.63. The summed E-state index contributed by atoms with van der Waals surface area (Å²) in [6.45, 7) is 3.64. The minimum absolute atomic E-state index is 0.0555. The zero-order chi connectivity index (χ0) is 10.8. The van der Waals surface area contributed by atoms with Crippen molar-refractivity contribution in [3.63, 3.8) is 0 Å². The average Bonchev–Trinajstić information content (AvgIpc) is 1.99. The number of rotatable bonds is 3. The van der Waals surface area contributed by atoms with Crippen LogP contribution < -0.4 is 0 Å². The first-order valence-corrected chi connectivity index (χ1v) is 6.09. The summed E-state index contributed by atoms with van der Waals surface area (Å²) in [7, 11) is 0. The van der Waals surface area contributed by atoms with Crippen LogP contribution in [0.3, 0.4) is 0 Å². The molecule has 1 fully saturated rings. The molecule has 0 aromatic carbocycles. The summed E-state index contributed by atoms with van der Waals surface area (Å²) in [5.41, 5.74) is 0. The molecule has 0 aromatic rings. The Morgan fingerprint density at radius 2 is 2.07 bits per heavy atom. The van der Waals surface area contributed by atoms with Crippen molar-refractivity contribution >= 4 is 28.6 Å². The number of aliphatic carboxylic acids is 1. The highest BCUT2D eigenvalue weighted by molar-refractivity contribution is 14.1. The zero-order valence-corrected chi connectivity index (χ0v) is 10.5. The van der Waals surface area contributed by atoms with Gasteiger partial charge in [-0.25, -0.2) is 0 Å². The van der Waals surface area contributed by atoms with Crippen molar-refractivity contribution < 1.29 is 19.4 Å². The predicted molar refractivity (Wildman–Crippen MR) is 59.6 cm³/mol. The van der Waals surface area contributed by atoms with Gasteiger partial charge in [-0.3, -0.25) is 4.79 Å². The Morgan fingerprint density at radius 1 is 1.50 bits per heavy atom. The third kappa shape index (κ3) is 3.70. The van der Waals surface area contributed by atoms with E-state index in [4.69, 9.17) is 14.6 Å². The number of hydrogen-bond acceptors (Lipinski definition) is 3. The molecule has 14 heavy (non-hydrogen) atoms. The third-order valence-corrected chi connectivity index (χ3v) is 2.98. The first-order chi connectivity index (χ1) is 6.43. The second-order valence-electron chi connectivity index (χ2n) is 3.87. The van der Waals surface area contributed by atoms with E-state index in [1.807, 2.05) is 13.8 Å². The number of carbonyl (C=O) groups is 1. The van der Waals surface area contributed by atoms with Gasteiger partial charge < -0.3 is 14.6 Å². The van der Waals surface area contributed by atoms with Crippen molar-refractivity contribution in [1.29, 1.82) is 0 Å². The van der Waals surface area contributed by atoms with Gasteiger partial charge in [0.2, 0.25) is 0 Å². The van der Waals surface area contributed by atoms with Crippen LogP contribution in [0, 0.1) is 0 Å². The van der Waals surface area contributed by atoms with E-state index in [0.29, 0.717) is 6.42 Å². The summed E-state index contributed by atoms with van der Waals surface area (Å²) in [5, 5.41) is 8.67. The molecule has 0 radical (unpaired) electrons. The molecular formula is C9H15IO4. The molecule has 1 rings (SSSR count). The second-order valence-corrected chi connectivity index (χ2v) is 4.75. The van der Waals surface area contributed by atoms with E-state index in [1.54, 1.807) is 0 Å². The Morgan fingerprint density at radius 3 is 2.57 bits per heavy atom. The molecular weight excluding hydrogens is 299 g/mol. The molecule has 0 bridgehead atoms. The van der Waals surface area contributed by atoms with Gasteiger partial charge in [-0.15, -0.1) is 0 Å². The molecule has 5 heteroatoms. The molecule has 0 amide bonds. The van der Waals surface area contributed by atoms with E-state index in [9.17, 15) is 4.79 Å². The van der Waals surface area contributed by atoms with Gasteiger partial charge in [0.15, 0.2) is 5.79 Å². The van der Waals surface area contributed by atoms with Gasteiger partial charge >= 0.3 is 5.97 Å². The Kier molecular flexibility index (Phi) is 4.15. The second kappa shape index (κ2) is 4.76. The Labute approximate surface area is 97.1 Å². The van der Waals surface area contributed by atoms with Gasteiger partial charge in [0.1, 0.15) is 0 Å². The van der Waals surface area contributed by atoms with Gasteiger partial charge in [0.05, 0.1) is 18.6 Å². The maximum Gasteiger partial charge on any atom is 0.305 e. The third-order valence-electron chi connectivity index (χ3n) is 2.00. The van der Waals surface area contributed by atoms with Crippen molar-refractivity contribution in [3.8, 4) is 0 Å². The highest BCUT2D eigenvalue weighted by atomic mass is 127. The van der Waals surface area contributed by atoms with Crippen molar-refractivity contribution in [2.45, 2.75) is 44.7 Å². The molecule has 1 saturated heterocycles. The molecule has 2 atom stereocenters. The van der Waals surface area contributed by atoms with Crippen LogP contribution in [-0.2, 0) is 14.3 Å². The number of carboxylic acids is 1. The van der Waals surface area contributed by atoms with Crippen molar-refractivity contribution in [2.75, 3.05) is 4.43 Å². The van der Waals surface area contributed by atoms with Crippen LogP contribution in [0.5, 0.6) is 0 Å². The molecule has 1 aliphatic rings. The maximum absolute atomic E-state index is 10.6. The van der Waals surface area contributed by atoms with E-state index < -0.39 is 11.8 Å². The van der Waals surface area contributed by atoms with E-state index in [0.717, 1.165) is 4.43 Å². The molecule has 1 aliphatic heterocycles. The highest BCUT2D eigenvalue weighted by Crippen LogP contribution is 2.28. The monoisotopic (exact) mass is 314 g/mol. The molecule has 2 unspecified atom stereocenters. The summed E-state index contributed by atoms with van der Waals surface area (Å²) in [4.78, 5) is 10.6. The quantitative estimate of drug-likeness (QED) is 0.638. The van der Waals surface area contributed by atoms with E-state index in [1.165, 1.54) is 0 Å². The molecule has 82 valence electrons. The SMILES string of the molecule is CC1(C)OC(CI)CC(CC(=O)O)O1. The maximum atomic E-state index is 10.6. The summed E-state index contributed by atoms with van der Waals surface area (Å²) >= 11 is 2.24. The lowest BCUT2D eigenvalue weighted by Crippen LogP contribution is -2.45. The molecule has 1 heterocycles. The summed E-state index contributed by atoms with van der Waals surface area (Å²) in [6, 6.07) is 0. The number of ether oxygens (including phenoxy) is 2. The van der Waals surface area contributed by atoms with Gasteiger partial charge in [-0.2, -0.15) is 0 Å².